The molecule has 1 aromatic heterocycles. The third-order valence-corrected chi connectivity index (χ3v) is 6.50. The smallest absolute Gasteiger partial charge is 0.240 e. The number of thiazole rings is 1. The minimum atomic E-state index is -0.309. The quantitative estimate of drug-likeness (QED) is 0.851. The summed E-state index contributed by atoms with van der Waals surface area (Å²) in [6.45, 7) is 3.58. The molecule has 0 spiro atoms. The van der Waals surface area contributed by atoms with Gasteiger partial charge in [-0.3, -0.25) is 14.5 Å². The van der Waals surface area contributed by atoms with Gasteiger partial charge in [-0.25, -0.2) is 9.37 Å². The summed E-state index contributed by atoms with van der Waals surface area (Å²) >= 11 is 1.27. The predicted molar refractivity (Wildman–Crippen MR) is 108 cm³/mol. The first-order valence-electron chi connectivity index (χ1n) is 9.95. The number of rotatable bonds is 4. The molecule has 0 bridgehead atoms. The molecular formula is C20H25FN4O2S. The number of halogens is 1. The molecule has 2 fully saturated rings. The van der Waals surface area contributed by atoms with Gasteiger partial charge in [-0.1, -0.05) is 11.3 Å². The molecule has 1 aromatic carbocycles. The average molecular weight is 405 g/mol. The fourth-order valence-corrected chi connectivity index (χ4v) is 4.93. The molecule has 1 N–H and O–H groups in total. The van der Waals surface area contributed by atoms with E-state index in [0.29, 0.717) is 21.3 Å². The molecule has 2 amide bonds. The lowest BCUT2D eigenvalue weighted by Crippen LogP contribution is -2.45. The van der Waals surface area contributed by atoms with Gasteiger partial charge in [0.25, 0.3) is 0 Å². The van der Waals surface area contributed by atoms with Crippen LogP contribution in [0, 0.1) is 11.7 Å². The van der Waals surface area contributed by atoms with E-state index in [2.05, 4.69) is 15.2 Å². The molecule has 3 heterocycles. The van der Waals surface area contributed by atoms with E-state index in [1.807, 2.05) is 4.90 Å². The van der Waals surface area contributed by atoms with Crippen LogP contribution in [0.15, 0.2) is 18.2 Å². The Hall–Kier alpha value is -2.06. The molecule has 0 aliphatic carbocycles. The van der Waals surface area contributed by atoms with Gasteiger partial charge < -0.3 is 10.2 Å². The van der Waals surface area contributed by atoms with E-state index in [0.717, 1.165) is 51.9 Å². The van der Waals surface area contributed by atoms with Crippen molar-refractivity contribution in [3.63, 3.8) is 0 Å². The van der Waals surface area contributed by atoms with E-state index < -0.39 is 0 Å². The third kappa shape index (κ3) is 4.50. The van der Waals surface area contributed by atoms with Crippen LogP contribution in [0.25, 0.3) is 10.2 Å². The van der Waals surface area contributed by atoms with Crippen LogP contribution in [-0.2, 0) is 9.59 Å². The minimum Gasteiger partial charge on any atom is -0.342 e. The number of fused-ring (bicyclic) bond motifs is 1. The van der Waals surface area contributed by atoms with Crippen molar-refractivity contribution < 1.29 is 14.0 Å². The second kappa shape index (κ2) is 8.53. The van der Waals surface area contributed by atoms with E-state index in [1.165, 1.54) is 29.9 Å². The van der Waals surface area contributed by atoms with Crippen LogP contribution in [0.1, 0.15) is 32.1 Å². The lowest BCUT2D eigenvalue weighted by Gasteiger charge is -2.35. The number of hydrogen-bond acceptors (Lipinski definition) is 5. The zero-order valence-corrected chi connectivity index (χ0v) is 16.6. The van der Waals surface area contributed by atoms with Gasteiger partial charge in [0.1, 0.15) is 5.82 Å². The van der Waals surface area contributed by atoms with E-state index in [4.69, 9.17) is 0 Å². The molecule has 0 unspecified atom stereocenters. The van der Waals surface area contributed by atoms with E-state index in [-0.39, 0.29) is 24.2 Å². The Morgan fingerprint density at radius 1 is 1.14 bits per heavy atom. The molecule has 0 saturated carbocycles. The van der Waals surface area contributed by atoms with Crippen LogP contribution in [0.4, 0.5) is 9.52 Å². The number of likely N-dealkylation sites (tertiary alicyclic amines) is 2. The highest BCUT2D eigenvalue weighted by Gasteiger charge is 2.29. The summed E-state index contributed by atoms with van der Waals surface area (Å²) in [4.78, 5) is 33.4. The Kier molecular flexibility index (Phi) is 5.87. The zero-order valence-electron chi connectivity index (χ0n) is 15.8. The molecule has 2 aliphatic heterocycles. The van der Waals surface area contributed by atoms with Crippen LogP contribution in [-0.4, -0.2) is 59.3 Å². The number of amides is 2. The summed E-state index contributed by atoms with van der Waals surface area (Å²) in [5.41, 5.74) is 0.679. The van der Waals surface area contributed by atoms with Crippen molar-refractivity contribution in [3.05, 3.63) is 24.0 Å². The van der Waals surface area contributed by atoms with Crippen molar-refractivity contribution in [1.29, 1.82) is 0 Å². The maximum atomic E-state index is 13.3. The summed E-state index contributed by atoms with van der Waals surface area (Å²) in [5, 5.41) is 3.30. The lowest BCUT2D eigenvalue weighted by atomic mass is 9.94. The van der Waals surface area contributed by atoms with Crippen molar-refractivity contribution in [2.75, 3.05) is 38.0 Å². The SMILES string of the molecule is O=C(CN1CCC(C(=O)N2CCCCC2)CC1)Nc1nc2ccc(F)cc2s1. The Labute approximate surface area is 167 Å². The van der Waals surface area contributed by atoms with Crippen LogP contribution in [0.2, 0.25) is 0 Å². The molecule has 0 radical (unpaired) electrons. The summed E-state index contributed by atoms with van der Waals surface area (Å²) in [5.74, 6) is -0.0431. The van der Waals surface area contributed by atoms with Gasteiger partial charge in [0.15, 0.2) is 5.13 Å². The molecule has 6 nitrogen and oxygen atoms in total. The van der Waals surface area contributed by atoms with Crippen molar-refractivity contribution in [2.45, 2.75) is 32.1 Å². The van der Waals surface area contributed by atoms with Crippen LogP contribution in [0.3, 0.4) is 0 Å². The van der Waals surface area contributed by atoms with Crippen molar-refractivity contribution in [1.82, 2.24) is 14.8 Å². The third-order valence-electron chi connectivity index (χ3n) is 5.57. The number of nitrogens with zero attached hydrogens (tertiary/aromatic N) is 3. The molecule has 8 heteroatoms. The van der Waals surface area contributed by atoms with E-state index >= 15 is 0 Å². The number of piperidine rings is 2. The molecule has 4 rings (SSSR count). The van der Waals surface area contributed by atoms with Gasteiger partial charge in [-0.15, -0.1) is 0 Å². The summed E-state index contributed by atoms with van der Waals surface area (Å²) in [6, 6.07) is 4.40. The Morgan fingerprint density at radius 3 is 2.64 bits per heavy atom. The highest BCUT2D eigenvalue weighted by atomic mass is 32.1. The monoisotopic (exact) mass is 404 g/mol. The van der Waals surface area contributed by atoms with Gasteiger partial charge in [0.05, 0.1) is 16.8 Å². The number of carbonyl (C=O) groups excluding carboxylic acids is 2. The Morgan fingerprint density at radius 2 is 1.89 bits per heavy atom. The second-order valence-electron chi connectivity index (χ2n) is 7.62. The van der Waals surface area contributed by atoms with Gasteiger partial charge in [0, 0.05) is 19.0 Å². The second-order valence-corrected chi connectivity index (χ2v) is 8.65. The molecule has 150 valence electrons. The number of carbonyl (C=O) groups is 2. The van der Waals surface area contributed by atoms with Gasteiger partial charge in [-0.05, 0) is 63.4 Å². The first kappa shape index (κ1) is 19.3. The fourth-order valence-electron chi connectivity index (χ4n) is 4.02. The standard InChI is InChI=1S/C20H25FN4O2S/c21-15-4-5-16-17(12-15)28-20(22-16)23-18(26)13-24-10-6-14(7-11-24)19(27)25-8-2-1-3-9-25/h4-5,12,14H,1-3,6-11,13H2,(H,22,23,26). The zero-order chi connectivity index (χ0) is 19.5. The predicted octanol–water partition coefficient (Wildman–Crippen LogP) is 3.10. The van der Waals surface area contributed by atoms with Gasteiger partial charge in [-0.2, -0.15) is 0 Å². The number of benzene rings is 1. The van der Waals surface area contributed by atoms with Gasteiger partial charge in [0.2, 0.25) is 11.8 Å². The van der Waals surface area contributed by atoms with Crippen molar-refractivity contribution in [3.8, 4) is 0 Å². The Bertz CT molecular complexity index is 857. The molecule has 2 aliphatic rings. The minimum absolute atomic E-state index is 0.0940. The molecular weight excluding hydrogens is 379 g/mol. The molecule has 2 aromatic rings. The number of anilines is 1. The van der Waals surface area contributed by atoms with E-state index in [9.17, 15) is 14.0 Å². The number of hydrogen-bond donors (Lipinski definition) is 1. The molecule has 2 saturated heterocycles. The normalized spacial score (nSPS) is 19.1. The largest absolute Gasteiger partial charge is 0.342 e. The molecule has 0 atom stereocenters. The number of nitrogens with one attached hydrogen (secondary N) is 1. The highest BCUT2D eigenvalue weighted by Crippen LogP contribution is 2.27. The maximum Gasteiger partial charge on any atom is 0.240 e. The van der Waals surface area contributed by atoms with Crippen molar-refractivity contribution >= 4 is 38.5 Å². The summed E-state index contributed by atoms with van der Waals surface area (Å²) in [7, 11) is 0. The lowest BCUT2D eigenvalue weighted by molar-refractivity contribution is -0.138. The topological polar surface area (TPSA) is 65.5 Å². The summed E-state index contributed by atoms with van der Waals surface area (Å²) in [6.07, 6.45) is 5.07. The number of aromatic nitrogens is 1. The highest BCUT2D eigenvalue weighted by molar-refractivity contribution is 7.22. The van der Waals surface area contributed by atoms with Crippen molar-refractivity contribution in [2.24, 2.45) is 5.92 Å². The van der Waals surface area contributed by atoms with Gasteiger partial charge >= 0.3 is 0 Å². The maximum absolute atomic E-state index is 13.3. The Balaban J connectivity index is 1.25. The average Bonchev–Trinajstić information content (AvgIpc) is 3.09. The fraction of sp³-hybridized carbons (Fsp3) is 0.550. The molecule has 28 heavy (non-hydrogen) atoms. The van der Waals surface area contributed by atoms with Crippen LogP contribution >= 0.6 is 11.3 Å². The first-order chi connectivity index (χ1) is 13.6. The van der Waals surface area contributed by atoms with Crippen LogP contribution < -0.4 is 5.32 Å². The first-order valence-corrected chi connectivity index (χ1v) is 10.8. The van der Waals surface area contributed by atoms with E-state index in [1.54, 1.807) is 6.07 Å². The summed E-state index contributed by atoms with van der Waals surface area (Å²) < 4.78 is 14.0. The van der Waals surface area contributed by atoms with Crippen LogP contribution in [0.5, 0.6) is 0 Å².